The number of carbonyl (C=O) groups excluding carboxylic acids is 1. The Hall–Kier alpha value is -2.73. The van der Waals surface area contributed by atoms with Gasteiger partial charge in [-0.05, 0) is 43.7 Å². The Kier molecular flexibility index (Phi) is 4.57. The second kappa shape index (κ2) is 6.80. The number of non-ortho nitro benzene ring substituents is 1. The maximum Gasteiger partial charge on any atom is 0.269 e. The SMILES string of the molecule is CN[C@@H]1CCCN(C(=O)c2ccc([N+](=O)[O-])cc2)c2ccccc21. The third-order valence-corrected chi connectivity index (χ3v) is 4.40. The Morgan fingerprint density at radius 1 is 1.21 bits per heavy atom. The summed E-state index contributed by atoms with van der Waals surface area (Å²) in [5, 5.41) is 14.1. The Labute approximate surface area is 140 Å². The van der Waals surface area contributed by atoms with Crippen LogP contribution in [0.4, 0.5) is 11.4 Å². The highest BCUT2D eigenvalue weighted by molar-refractivity contribution is 6.06. The lowest BCUT2D eigenvalue weighted by Gasteiger charge is -2.24. The maximum atomic E-state index is 12.9. The second-order valence-corrected chi connectivity index (χ2v) is 5.80. The molecule has 0 aliphatic carbocycles. The van der Waals surface area contributed by atoms with Crippen molar-refractivity contribution in [1.29, 1.82) is 0 Å². The van der Waals surface area contributed by atoms with E-state index in [0.717, 1.165) is 24.1 Å². The normalized spacial score (nSPS) is 17.0. The Morgan fingerprint density at radius 3 is 2.58 bits per heavy atom. The molecule has 6 heteroatoms. The van der Waals surface area contributed by atoms with Crippen LogP contribution in [0.1, 0.15) is 34.8 Å². The van der Waals surface area contributed by atoms with Gasteiger partial charge in [-0.1, -0.05) is 18.2 Å². The van der Waals surface area contributed by atoms with Gasteiger partial charge < -0.3 is 10.2 Å². The van der Waals surface area contributed by atoms with Crippen LogP contribution >= 0.6 is 0 Å². The summed E-state index contributed by atoms with van der Waals surface area (Å²) >= 11 is 0. The van der Waals surface area contributed by atoms with Crippen molar-refractivity contribution in [2.75, 3.05) is 18.5 Å². The van der Waals surface area contributed by atoms with Crippen LogP contribution in [0.15, 0.2) is 48.5 Å². The molecule has 0 aromatic heterocycles. The first-order chi connectivity index (χ1) is 11.6. The number of anilines is 1. The van der Waals surface area contributed by atoms with Crippen LogP contribution in [0.2, 0.25) is 0 Å². The Balaban J connectivity index is 1.95. The molecule has 0 radical (unpaired) electrons. The number of nitro groups is 1. The molecule has 2 aromatic rings. The molecule has 6 nitrogen and oxygen atoms in total. The molecule has 124 valence electrons. The van der Waals surface area contributed by atoms with E-state index >= 15 is 0 Å². The summed E-state index contributed by atoms with van der Waals surface area (Å²) in [6, 6.07) is 13.9. The zero-order valence-electron chi connectivity index (χ0n) is 13.4. The lowest BCUT2D eigenvalue weighted by molar-refractivity contribution is -0.384. The fraction of sp³-hybridized carbons (Fsp3) is 0.278. The van der Waals surface area contributed by atoms with Crippen molar-refractivity contribution in [3.8, 4) is 0 Å². The van der Waals surface area contributed by atoms with Crippen molar-refractivity contribution >= 4 is 17.3 Å². The Bertz CT molecular complexity index is 758. The minimum atomic E-state index is -0.465. The number of rotatable bonds is 3. The van der Waals surface area contributed by atoms with E-state index < -0.39 is 4.92 Å². The third-order valence-electron chi connectivity index (χ3n) is 4.40. The van der Waals surface area contributed by atoms with Gasteiger partial charge in [0.15, 0.2) is 0 Å². The molecule has 1 aliphatic heterocycles. The predicted octanol–water partition coefficient (Wildman–Crippen LogP) is 3.30. The average molecular weight is 325 g/mol. The van der Waals surface area contributed by atoms with Gasteiger partial charge in [0, 0.05) is 36.0 Å². The summed E-state index contributed by atoms with van der Waals surface area (Å²) in [5.41, 5.74) is 2.45. The quantitative estimate of drug-likeness (QED) is 0.694. The van der Waals surface area contributed by atoms with E-state index in [2.05, 4.69) is 5.32 Å². The first kappa shape index (κ1) is 16.1. The van der Waals surface area contributed by atoms with Gasteiger partial charge in [-0.2, -0.15) is 0 Å². The number of nitro benzene ring substituents is 1. The van der Waals surface area contributed by atoms with Crippen LogP contribution in [-0.4, -0.2) is 24.4 Å². The molecule has 0 unspecified atom stereocenters. The van der Waals surface area contributed by atoms with Gasteiger partial charge in [0.1, 0.15) is 0 Å². The molecule has 0 spiro atoms. The van der Waals surface area contributed by atoms with Crippen molar-refractivity contribution in [1.82, 2.24) is 5.32 Å². The smallest absolute Gasteiger partial charge is 0.269 e. The first-order valence-corrected chi connectivity index (χ1v) is 7.94. The highest BCUT2D eigenvalue weighted by atomic mass is 16.6. The lowest BCUT2D eigenvalue weighted by atomic mass is 10.0. The highest BCUT2D eigenvalue weighted by Crippen LogP contribution is 2.33. The topological polar surface area (TPSA) is 75.5 Å². The third kappa shape index (κ3) is 3.00. The molecular formula is C18H19N3O3. The van der Waals surface area contributed by atoms with Gasteiger partial charge in [-0.25, -0.2) is 0 Å². The van der Waals surface area contributed by atoms with Crippen molar-refractivity contribution in [3.05, 3.63) is 69.8 Å². The molecule has 1 N–H and O–H groups in total. The molecule has 0 saturated carbocycles. The van der Waals surface area contributed by atoms with Crippen LogP contribution in [-0.2, 0) is 0 Å². The van der Waals surface area contributed by atoms with Crippen LogP contribution in [0, 0.1) is 10.1 Å². The number of fused-ring (bicyclic) bond motifs is 1. The van der Waals surface area contributed by atoms with Crippen molar-refractivity contribution in [2.45, 2.75) is 18.9 Å². The van der Waals surface area contributed by atoms with Crippen LogP contribution < -0.4 is 10.2 Å². The standard InChI is InChI=1S/C18H19N3O3/c1-19-16-6-4-12-20(17-7-3-2-5-15(16)17)18(22)13-8-10-14(11-9-13)21(23)24/h2-3,5,7-11,16,19H,4,6,12H2,1H3/t16-/m1/s1. The largest absolute Gasteiger partial charge is 0.313 e. The molecule has 2 aromatic carbocycles. The minimum absolute atomic E-state index is 0.0157. The first-order valence-electron chi connectivity index (χ1n) is 7.94. The minimum Gasteiger partial charge on any atom is -0.313 e. The van der Waals surface area contributed by atoms with Crippen LogP contribution in [0.5, 0.6) is 0 Å². The number of hydrogen-bond acceptors (Lipinski definition) is 4. The van der Waals surface area contributed by atoms with Crippen LogP contribution in [0.3, 0.4) is 0 Å². The van der Waals surface area contributed by atoms with Crippen molar-refractivity contribution in [2.24, 2.45) is 0 Å². The second-order valence-electron chi connectivity index (χ2n) is 5.80. The molecule has 1 aliphatic rings. The van der Waals surface area contributed by atoms with Gasteiger partial charge in [-0.15, -0.1) is 0 Å². The van der Waals surface area contributed by atoms with Gasteiger partial charge in [0.25, 0.3) is 11.6 Å². The number of amides is 1. The van der Waals surface area contributed by atoms with E-state index in [9.17, 15) is 14.9 Å². The van der Waals surface area contributed by atoms with E-state index in [4.69, 9.17) is 0 Å². The van der Waals surface area contributed by atoms with E-state index in [0.29, 0.717) is 12.1 Å². The number of hydrogen-bond donors (Lipinski definition) is 1. The summed E-state index contributed by atoms with van der Waals surface area (Å²) in [7, 11) is 1.93. The molecule has 3 rings (SSSR count). The summed E-state index contributed by atoms with van der Waals surface area (Å²) in [6.45, 7) is 0.630. The number of benzene rings is 2. The fourth-order valence-corrected chi connectivity index (χ4v) is 3.15. The molecule has 1 amide bonds. The zero-order valence-corrected chi connectivity index (χ0v) is 13.4. The molecule has 0 fully saturated rings. The van der Waals surface area contributed by atoms with E-state index in [1.807, 2.05) is 31.3 Å². The van der Waals surface area contributed by atoms with E-state index in [-0.39, 0.29) is 17.6 Å². The van der Waals surface area contributed by atoms with Gasteiger partial charge in [0.2, 0.25) is 0 Å². The van der Waals surface area contributed by atoms with Crippen LogP contribution in [0.25, 0.3) is 0 Å². The lowest BCUT2D eigenvalue weighted by Crippen LogP contribution is -2.31. The summed E-state index contributed by atoms with van der Waals surface area (Å²) < 4.78 is 0. The van der Waals surface area contributed by atoms with Gasteiger partial charge in [0.05, 0.1) is 4.92 Å². The van der Waals surface area contributed by atoms with Gasteiger partial charge >= 0.3 is 0 Å². The molecule has 1 atom stereocenters. The number of nitrogens with zero attached hydrogens (tertiary/aromatic N) is 2. The highest BCUT2D eigenvalue weighted by Gasteiger charge is 2.26. The van der Waals surface area contributed by atoms with E-state index in [1.54, 1.807) is 4.90 Å². The number of nitrogens with one attached hydrogen (secondary N) is 1. The monoisotopic (exact) mass is 325 g/mol. The van der Waals surface area contributed by atoms with Gasteiger partial charge in [-0.3, -0.25) is 14.9 Å². The predicted molar refractivity (Wildman–Crippen MR) is 92.2 cm³/mol. The summed E-state index contributed by atoms with van der Waals surface area (Å²) in [4.78, 5) is 25.0. The maximum absolute atomic E-state index is 12.9. The zero-order chi connectivity index (χ0) is 17.1. The van der Waals surface area contributed by atoms with Crippen molar-refractivity contribution in [3.63, 3.8) is 0 Å². The molecular weight excluding hydrogens is 306 g/mol. The molecule has 0 saturated heterocycles. The number of para-hydroxylation sites is 1. The number of carbonyl (C=O) groups is 1. The summed E-state index contributed by atoms with van der Waals surface area (Å²) in [5.74, 6) is -0.130. The van der Waals surface area contributed by atoms with E-state index in [1.165, 1.54) is 24.3 Å². The Morgan fingerprint density at radius 2 is 1.92 bits per heavy atom. The van der Waals surface area contributed by atoms with Crippen molar-refractivity contribution < 1.29 is 9.72 Å². The molecule has 0 bridgehead atoms. The average Bonchev–Trinajstić information content (AvgIpc) is 2.80. The summed E-state index contributed by atoms with van der Waals surface area (Å²) in [6.07, 6.45) is 1.84. The molecule has 1 heterocycles. The molecule has 24 heavy (non-hydrogen) atoms. The fourth-order valence-electron chi connectivity index (χ4n) is 3.15.